The molecule has 122 valence electrons. The number of likely N-dealkylation sites (tertiary alicyclic amines) is 1. The Hall–Kier alpha value is -2.02. The molecule has 2 heterocycles. The first-order valence-corrected chi connectivity index (χ1v) is 8.49. The lowest BCUT2D eigenvalue weighted by Gasteiger charge is -2.22. The Morgan fingerprint density at radius 1 is 1.39 bits per heavy atom. The number of benzene rings is 1. The first-order chi connectivity index (χ1) is 11.0. The quantitative estimate of drug-likeness (QED) is 0.838. The van der Waals surface area contributed by atoms with Crippen LogP contribution >= 0.6 is 11.8 Å². The van der Waals surface area contributed by atoms with Crippen LogP contribution in [-0.4, -0.2) is 58.3 Å². The molecule has 0 radical (unpaired) electrons. The largest absolute Gasteiger partial charge is 0.484 e. The molecular weight excluding hydrogens is 316 g/mol. The normalized spacial score (nSPS) is 21.2. The minimum absolute atomic E-state index is 0.0349. The highest BCUT2D eigenvalue weighted by molar-refractivity contribution is 8.14. The van der Waals surface area contributed by atoms with E-state index >= 15 is 0 Å². The van der Waals surface area contributed by atoms with Crippen molar-refractivity contribution in [3.05, 3.63) is 29.8 Å². The van der Waals surface area contributed by atoms with E-state index in [0.717, 1.165) is 17.3 Å². The highest BCUT2D eigenvalue weighted by Gasteiger charge is 2.40. The van der Waals surface area contributed by atoms with Crippen molar-refractivity contribution in [1.29, 1.82) is 0 Å². The van der Waals surface area contributed by atoms with Gasteiger partial charge in [-0.15, -0.1) is 0 Å². The summed E-state index contributed by atoms with van der Waals surface area (Å²) >= 11 is 1.03. The second-order valence-electron chi connectivity index (χ2n) is 5.71. The topological polar surface area (TPSA) is 66.9 Å². The van der Waals surface area contributed by atoms with Gasteiger partial charge in [-0.2, -0.15) is 0 Å². The molecule has 1 aromatic carbocycles. The molecule has 1 unspecified atom stereocenters. The standard InChI is InChI=1S/C16H18N2O4S/c1-11-3-2-4-13(7-11)22-9-14(19)17-6-5-12(8-17)18-15(20)10-23-16(18)21/h2-4,7,12H,5-6,8-10H2,1H3. The molecule has 0 bridgehead atoms. The van der Waals surface area contributed by atoms with E-state index in [1.807, 2.05) is 31.2 Å². The zero-order valence-electron chi connectivity index (χ0n) is 12.9. The molecule has 2 saturated heterocycles. The van der Waals surface area contributed by atoms with Crippen molar-refractivity contribution in [2.24, 2.45) is 0 Å². The number of ether oxygens (including phenoxy) is 1. The third-order valence-corrected chi connectivity index (χ3v) is 4.85. The van der Waals surface area contributed by atoms with Crippen molar-refractivity contribution < 1.29 is 19.1 Å². The molecule has 0 aromatic heterocycles. The fraction of sp³-hybridized carbons (Fsp3) is 0.438. The van der Waals surface area contributed by atoms with Crippen LogP contribution in [0.2, 0.25) is 0 Å². The number of aryl methyl sites for hydroxylation is 1. The molecule has 1 atom stereocenters. The van der Waals surface area contributed by atoms with Crippen molar-refractivity contribution in [3.63, 3.8) is 0 Å². The molecule has 0 saturated carbocycles. The molecule has 2 fully saturated rings. The zero-order valence-corrected chi connectivity index (χ0v) is 13.7. The smallest absolute Gasteiger partial charge is 0.289 e. The molecule has 0 spiro atoms. The summed E-state index contributed by atoms with van der Waals surface area (Å²) in [4.78, 5) is 38.7. The molecule has 2 aliphatic heterocycles. The van der Waals surface area contributed by atoms with Gasteiger partial charge in [-0.1, -0.05) is 23.9 Å². The number of carbonyl (C=O) groups is 3. The molecule has 23 heavy (non-hydrogen) atoms. The number of amides is 3. The molecule has 0 N–H and O–H groups in total. The molecule has 1 aromatic rings. The Morgan fingerprint density at radius 2 is 2.22 bits per heavy atom. The van der Waals surface area contributed by atoms with E-state index in [2.05, 4.69) is 0 Å². The number of hydrogen-bond donors (Lipinski definition) is 0. The average Bonchev–Trinajstić information content (AvgIpc) is 3.12. The van der Waals surface area contributed by atoms with Crippen LogP contribution in [0, 0.1) is 6.92 Å². The Kier molecular flexibility index (Phi) is 4.56. The second kappa shape index (κ2) is 6.62. The summed E-state index contributed by atoms with van der Waals surface area (Å²) in [7, 11) is 0. The van der Waals surface area contributed by atoms with Crippen LogP contribution in [0.25, 0.3) is 0 Å². The maximum absolute atomic E-state index is 12.2. The van der Waals surface area contributed by atoms with Gasteiger partial charge in [0.25, 0.3) is 11.1 Å². The maximum atomic E-state index is 12.2. The van der Waals surface area contributed by atoms with Gasteiger partial charge in [0.2, 0.25) is 5.91 Å². The third-order valence-electron chi connectivity index (χ3n) is 4.02. The monoisotopic (exact) mass is 334 g/mol. The van der Waals surface area contributed by atoms with Crippen molar-refractivity contribution >= 4 is 28.8 Å². The van der Waals surface area contributed by atoms with E-state index in [1.54, 1.807) is 4.90 Å². The van der Waals surface area contributed by atoms with Crippen molar-refractivity contribution in [2.75, 3.05) is 25.4 Å². The number of hydrogen-bond acceptors (Lipinski definition) is 5. The summed E-state index contributed by atoms with van der Waals surface area (Å²) in [5.74, 6) is 0.589. The lowest BCUT2D eigenvalue weighted by molar-refractivity contribution is -0.133. The molecule has 3 rings (SSSR count). The van der Waals surface area contributed by atoms with Gasteiger partial charge in [0.1, 0.15) is 5.75 Å². The van der Waals surface area contributed by atoms with Crippen LogP contribution in [0.3, 0.4) is 0 Å². The van der Waals surface area contributed by atoms with Crippen LogP contribution in [0.15, 0.2) is 24.3 Å². The highest BCUT2D eigenvalue weighted by Crippen LogP contribution is 2.26. The van der Waals surface area contributed by atoms with E-state index in [4.69, 9.17) is 4.74 Å². The maximum Gasteiger partial charge on any atom is 0.289 e. The van der Waals surface area contributed by atoms with Gasteiger partial charge in [-0.05, 0) is 31.0 Å². The van der Waals surface area contributed by atoms with E-state index in [0.29, 0.717) is 25.3 Å². The first kappa shape index (κ1) is 15.9. The van der Waals surface area contributed by atoms with Crippen LogP contribution < -0.4 is 4.74 Å². The van der Waals surface area contributed by atoms with Gasteiger partial charge in [0.05, 0.1) is 11.8 Å². The van der Waals surface area contributed by atoms with Crippen molar-refractivity contribution in [2.45, 2.75) is 19.4 Å². The van der Waals surface area contributed by atoms with Crippen LogP contribution in [0.5, 0.6) is 5.75 Å². The van der Waals surface area contributed by atoms with E-state index < -0.39 is 0 Å². The average molecular weight is 334 g/mol. The molecule has 3 amide bonds. The Morgan fingerprint density at radius 3 is 2.91 bits per heavy atom. The second-order valence-corrected chi connectivity index (χ2v) is 6.63. The lowest BCUT2D eigenvalue weighted by Crippen LogP contribution is -2.42. The predicted octanol–water partition coefficient (Wildman–Crippen LogP) is 1.67. The Labute approximate surface area is 138 Å². The molecule has 2 aliphatic rings. The van der Waals surface area contributed by atoms with Crippen LogP contribution in [0.1, 0.15) is 12.0 Å². The van der Waals surface area contributed by atoms with Gasteiger partial charge in [0, 0.05) is 13.1 Å². The molecule has 0 aliphatic carbocycles. The highest BCUT2D eigenvalue weighted by atomic mass is 32.2. The van der Waals surface area contributed by atoms with E-state index in [-0.39, 0.29) is 35.5 Å². The zero-order chi connectivity index (χ0) is 16.4. The number of rotatable bonds is 4. The van der Waals surface area contributed by atoms with Crippen LogP contribution in [-0.2, 0) is 9.59 Å². The van der Waals surface area contributed by atoms with E-state index in [1.165, 1.54) is 4.90 Å². The minimum atomic E-state index is -0.203. The minimum Gasteiger partial charge on any atom is -0.484 e. The van der Waals surface area contributed by atoms with Gasteiger partial charge in [-0.3, -0.25) is 19.3 Å². The number of carbonyl (C=O) groups excluding carboxylic acids is 3. The predicted molar refractivity (Wildman–Crippen MR) is 86.4 cm³/mol. The summed E-state index contributed by atoms with van der Waals surface area (Å²) in [6.07, 6.45) is 0.633. The fourth-order valence-corrected chi connectivity index (χ4v) is 3.61. The number of thioether (sulfide) groups is 1. The van der Waals surface area contributed by atoms with Gasteiger partial charge >= 0.3 is 0 Å². The molecular formula is C16H18N2O4S. The Bertz CT molecular complexity index is 633. The lowest BCUT2D eigenvalue weighted by atomic mass is 10.2. The fourth-order valence-electron chi connectivity index (χ4n) is 2.84. The van der Waals surface area contributed by atoms with Gasteiger partial charge < -0.3 is 9.64 Å². The van der Waals surface area contributed by atoms with Crippen molar-refractivity contribution in [3.8, 4) is 5.75 Å². The summed E-state index contributed by atoms with van der Waals surface area (Å²) in [5, 5.41) is -0.203. The molecule has 7 heteroatoms. The SMILES string of the molecule is Cc1cccc(OCC(=O)N2CCC(N3C(=O)CSC3=O)C2)c1. The summed E-state index contributed by atoms with van der Waals surface area (Å²) in [5.41, 5.74) is 1.07. The summed E-state index contributed by atoms with van der Waals surface area (Å²) in [6.45, 7) is 2.87. The van der Waals surface area contributed by atoms with Gasteiger partial charge in [-0.25, -0.2) is 0 Å². The van der Waals surface area contributed by atoms with Crippen molar-refractivity contribution in [1.82, 2.24) is 9.80 Å². The number of nitrogens with zero attached hydrogens (tertiary/aromatic N) is 2. The summed E-state index contributed by atoms with van der Waals surface area (Å²) < 4.78 is 5.52. The third kappa shape index (κ3) is 3.50. The Balaban J connectivity index is 1.53. The first-order valence-electron chi connectivity index (χ1n) is 7.50. The summed E-state index contributed by atoms with van der Waals surface area (Å²) in [6, 6.07) is 7.32. The van der Waals surface area contributed by atoms with E-state index in [9.17, 15) is 14.4 Å². The van der Waals surface area contributed by atoms with Crippen LogP contribution in [0.4, 0.5) is 4.79 Å². The van der Waals surface area contributed by atoms with Gasteiger partial charge in [0.15, 0.2) is 6.61 Å². The molecule has 6 nitrogen and oxygen atoms in total. The number of imide groups is 1.